The second kappa shape index (κ2) is 7.93. The number of imide groups is 1. The zero-order chi connectivity index (χ0) is 19.3. The van der Waals surface area contributed by atoms with Gasteiger partial charge < -0.3 is 5.32 Å². The van der Waals surface area contributed by atoms with E-state index >= 15 is 0 Å². The largest absolute Gasteiger partial charge is 0.416 e. The SMILES string of the molecule is CC[C@@H](C)NC(=O)NC(=O)Cn1nnc(-c2cccc(C(F)(F)F)c2)n1. The molecule has 2 aromatic rings. The maximum Gasteiger partial charge on any atom is 0.416 e. The second-order valence-corrected chi connectivity index (χ2v) is 5.55. The van der Waals surface area contributed by atoms with Crippen LogP contribution in [0, 0.1) is 0 Å². The number of halogens is 3. The van der Waals surface area contributed by atoms with Crippen LogP contribution in [0.4, 0.5) is 18.0 Å². The number of aromatic nitrogens is 4. The number of carbonyl (C=O) groups is 2. The quantitative estimate of drug-likeness (QED) is 0.838. The molecule has 1 atom stereocenters. The number of benzene rings is 1. The molecule has 0 radical (unpaired) electrons. The number of carbonyl (C=O) groups excluding carboxylic acids is 2. The number of nitrogens with one attached hydrogen (secondary N) is 2. The smallest absolute Gasteiger partial charge is 0.335 e. The van der Waals surface area contributed by atoms with Gasteiger partial charge in [-0.2, -0.15) is 18.0 Å². The molecule has 1 heterocycles. The van der Waals surface area contributed by atoms with Gasteiger partial charge in [0.15, 0.2) is 0 Å². The van der Waals surface area contributed by atoms with E-state index in [4.69, 9.17) is 0 Å². The first-order valence-electron chi connectivity index (χ1n) is 7.74. The first kappa shape index (κ1) is 19.3. The number of rotatable bonds is 5. The Morgan fingerprint density at radius 3 is 2.69 bits per heavy atom. The van der Waals surface area contributed by atoms with Crippen molar-refractivity contribution in [3.63, 3.8) is 0 Å². The first-order chi connectivity index (χ1) is 12.2. The molecule has 26 heavy (non-hydrogen) atoms. The highest BCUT2D eigenvalue weighted by atomic mass is 19.4. The van der Waals surface area contributed by atoms with Gasteiger partial charge in [0.05, 0.1) is 5.56 Å². The van der Waals surface area contributed by atoms with Crippen molar-refractivity contribution in [2.24, 2.45) is 0 Å². The number of urea groups is 1. The third kappa shape index (κ3) is 5.26. The molecule has 0 spiro atoms. The van der Waals surface area contributed by atoms with Crippen LogP contribution in [0.2, 0.25) is 0 Å². The van der Waals surface area contributed by atoms with Gasteiger partial charge in [0.1, 0.15) is 6.54 Å². The van der Waals surface area contributed by atoms with E-state index in [9.17, 15) is 22.8 Å². The van der Waals surface area contributed by atoms with E-state index in [0.717, 1.165) is 16.9 Å². The van der Waals surface area contributed by atoms with E-state index in [1.54, 1.807) is 6.92 Å². The molecule has 11 heteroatoms. The number of alkyl halides is 3. The van der Waals surface area contributed by atoms with E-state index < -0.39 is 30.2 Å². The zero-order valence-electron chi connectivity index (χ0n) is 14.0. The lowest BCUT2D eigenvalue weighted by molar-refractivity contribution is -0.137. The van der Waals surface area contributed by atoms with Gasteiger partial charge in [-0.15, -0.1) is 10.2 Å². The van der Waals surface area contributed by atoms with Crippen LogP contribution in [-0.2, 0) is 17.5 Å². The molecule has 0 aliphatic heterocycles. The van der Waals surface area contributed by atoms with Gasteiger partial charge in [-0.05, 0) is 30.7 Å². The Bertz CT molecular complexity index is 790. The van der Waals surface area contributed by atoms with Gasteiger partial charge in [0.2, 0.25) is 5.82 Å². The minimum Gasteiger partial charge on any atom is -0.335 e. The fourth-order valence-corrected chi connectivity index (χ4v) is 1.92. The maximum atomic E-state index is 12.7. The molecule has 0 aliphatic carbocycles. The number of tetrazole rings is 1. The summed E-state index contributed by atoms with van der Waals surface area (Å²) in [6.07, 6.45) is -3.79. The lowest BCUT2D eigenvalue weighted by Crippen LogP contribution is -2.44. The van der Waals surface area contributed by atoms with Crippen LogP contribution < -0.4 is 10.6 Å². The minimum absolute atomic E-state index is 0.0621. The molecule has 2 N–H and O–H groups in total. The summed E-state index contributed by atoms with van der Waals surface area (Å²) in [5.74, 6) is -0.744. The average Bonchev–Trinajstić information content (AvgIpc) is 3.02. The molecule has 3 amide bonds. The normalized spacial score (nSPS) is 12.5. The molecule has 1 aromatic carbocycles. The van der Waals surface area contributed by atoms with Crippen molar-refractivity contribution >= 4 is 11.9 Å². The summed E-state index contributed by atoms with van der Waals surface area (Å²) in [7, 11) is 0. The fraction of sp³-hybridized carbons (Fsp3) is 0.400. The van der Waals surface area contributed by atoms with Crippen LogP contribution in [0.1, 0.15) is 25.8 Å². The molecule has 0 fully saturated rings. The number of nitrogens with zero attached hydrogens (tertiary/aromatic N) is 4. The minimum atomic E-state index is -4.49. The fourth-order valence-electron chi connectivity index (χ4n) is 1.92. The Morgan fingerprint density at radius 2 is 2.04 bits per heavy atom. The molecular formula is C15H17F3N6O2. The molecule has 0 aliphatic rings. The predicted octanol–water partition coefficient (Wildman–Crippen LogP) is 1.98. The van der Waals surface area contributed by atoms with Crippen LogP contribution in [0.5, 0.6) is 0 Å². The average molecular weight is 370 g/mol. The lowest BCUT2D eigenvalue weighted by atomic mass is 10.1. The highest BCUT2D eigenvalue weighted by molar-refractivity contribution is 5.94. The first-order valence-corrected chi connectivity index (χ1v) is 7.74. The van der Waals surface area contributed by atoms with Crippen molar-refractivity contribution < 1.29 is 22.8 Å². The van der Waals surface area contributed by atoms with Crippen LogP contribution in [0.25, 0.3) is 11.4 Å². The molecule has 8 nitrogen and oxygen atoms in total. The van der Waals surface area contributed by atoms with E-state index in [1.165, 1.54) is 12.1 Å². The van der Waals surface area contributed by atoms with Crippen molar-refractivity contribution in [2.75, 3.05) is 0 Å². The highest BCUT2D eigenvalue weighted by Gasteiger charge is 2.30. The molecule has 140 valence electrons. The Morgan fingerprint density at radius 1 is 1.31 bits per heavy atom. The van der Waals surface area contributed by atoms with Crippen molar-refractivity contribution in [2.45, 2.75) is 39.0 Å². The summed E-state index contributed by atoms with van der Waals surface area (Å²) in [4.78, 5) is 24.2. The number of amides is 3. The molecule has 1 aromatic heterocycles. The summed E-state index contributed by atoms with van der Waals surface area (Å²) in [6, 6.07) is 3.70. The third-order valence-electron chi connectivity index (χ3n) is 3.43. The van der Waals surface area contributed by atoms with E-state index in [-0.39, 0.29) is 17.4 Å². The summed E-state index contributed by atoms with van der Waals surface area (Å²) in [5, 5.41) is 15.8. The Labute approximate surface area is 146 Å². The Kier molecular flexibility index (Phi) is 5.90. The Hall–Kier alpha value is -2.98. The van der Waals surface area contributed by atoms with Gasteiger partial charge in [0, 0.05) is 11.6 Å². The monoisotopic (exact) mass is 370 g/mol. The van der Waals surface area contributed by atoms with Crippen LogP contribution >= 0.6 is 0 Å². The van der Waals surface area contributed by atoms with E-state index in [0.29, 0.717) is 6.42 Å². The van der Waals surface area contributed by atoms with Gasteiger partial charge in [-0.1, -0.05) is 19.1 Å². The molecule has 0 saturated heterocycles. The number of hydrogen-bond acceptors (Lipinski definition) is 5. The van der Waals surface area contributed by atoms with Gasteiger partial charge in [-0.3, -0.25) is 10.1 Å². The zero-order valence-corrected chi connectivity index (χ0v) is 14.0. The third-order valence-corrected chi connectivity index (χ3v) is 3.43. The second-order valence-electron chi connectivity index (χ2n) is 5.55. The standard InChI is InChI=1S/C15H17F3N6O2/c1-3-9(2)19-14(26)20-12(25)8-24-22-13(21-23-24)10-5-4-6-11(7-10)15(16,17)18/h4-7,9H,3,8H2,1-2H3,(H2,19,20,25,26)/t9-/m1/s1. The van der Waals surface area contributed by atoms with Gasteiger partial charge in [-0.25, -0.2) is 4.79 Å². The van der Waals surface area contributed by atoms with Crippen molar-refractivity contribution in [1.29, 1.82) is 0 Å². The van der Waals surface area contributed by atoms with Crippen LogP contribution in [0.3, 0.4) is 0 Å². The Balaban J connectivity index is 2.02. The maximum absolute atomic E-state index is 12.7. The predicted molar refractivity (Wildman–Crippen MR) is 84.7 cm³/mol. The molecule has 0 unspecified atom stereocenters. The van der Waals surface area contributed by atoms with Crippen molar-refractivity contribution in [3.05, 3.63) is 29.8 Å². The van der Waals surface area contributed by atoms with Gasteiger partial charge in [0.25, 0.3) is 5.91 Å². The number of hydrogen-bond donors (Lipinski definition) is 2. The van der Waals surface area contributed by atoms with Crippen molar-refractivity contribution in [3.8, 4) is 11.4 Å². The topological polar surface area (TPSA) is 102 Å². The molecule has 2 rings (SSSR count). The summed E-state index contributed by atoms with van der Waals surface area (Å²) < 4.78 is 38.2. The van der Waals surface area contributed by atoms with Crippen LogP contribution in [0.15, 0.2) is 24.3 Å². The van der Waals surface area contributed by atoms with E-state index in [1.807, 2.05) is 6.92 Å². The summed E-state index contributed by atoms with van der Waals surface area (Å²) in [6.45, 7) is 3.26. The summed E-state index contributed by atoms with van der Waals surface area (Å²) >= 11 is 0. The van der Waals surface area contributed by atoms with Gasteiger partial charge >= 0.3 is 12.2 Å². The highest BCUT2D eigenvalue weighted by Crippen LogP contribution is 2.31. The van der Waals surface area contributed by atoms with E-state index in [2.05, 4.69) is 26.0 Å². The molecular weight excluding hydrogens is 353 g/mol. The molecule has 0 saturated carbocycles. The van der Waals surface area contributed by atoms with Crippen molar-refractivity contribution in [1.82, 2.24) is 30.8 Å². The molecule has 0 bridgehead atoms. The summed E-state index contributed by atoms with van der Waals surface area (Å²) in [5.41, 5.74) is -0.730. The lowest BCUT2D eigenvalue weighted by Gasteiger charge is -2.11. The van der Waals surface area contributed by atoms with Crippen LogP contribution in [-0.4, -0.2) is 38.2 Å².